The van der Waals surface area contributed by atoms with Crippen molar-refractivity contribution in [2.24, 2.45) is 0 Å². The Morgan fingerprint density at radius 1 is 0.533 bits per heavy atom. The number of hydrogen-bond donors (Lipinski definition) is 4. The Morgan fingerprint density at radius 2 is 0.933 bits per heavy atom. The standard InChI is InChI=1S/C24H24N6/c25-19-3-7-21(8-4-19)27-13-17-1-11-23(29-15-17)24-12-2-18(16-30-24)14-28-22-9-5-20(26)6-10-22/h1-12,15-16,27-28H,13-14,25-26H2. The van der Waals surface area contributed by atoms with Gasteiger partial charge < -0.3 is 22.1 Å². The Kier molecular flexibility index (Phi) is 5.75. The van der Waals surface area contributed by atoms with Crippen molar-refractivity contribution < 1.29 is 0 Å². The number of nitrogens with one attached hydrogen (secondary N) is 2. The minimum atomic E-state index is 0.695. The van der Waals surface area contributed by atoms with E-state index in [2.05, 4.69) is 32.7 Å². The van der Waals surface area contributed by atoms with Gasteiger partial charge in [-0.3, -0.25) is 9.97 Å². The van der Waals surface area contributed by atoms with E-state index in [-0.39, 0.29) is 0 Å². The van der Waals surface area contributed by atoms with Crippen molar-refractivity contribution in [3.63, 3.8) is 0 Å². The number of nitrogens with two attached hydrogens (primary N) is 2. The number of pyridine rings is 2. The van der Waals surface area contributed by atoms with Gasteiger partial charge in [-0.15, -0.1) is 0 Å². The first-order valence-electron chi connectivity index (χ1n) is 9.75. The molecule has 0 spiro atoms. The van der Waals surface area contributed by atoms with Gasteiger partial charge in [0.05, 0.1) is 11.4 Å². The molecule has 0 saturated carbocycles. The average Bonchev–Trinajstić information content (AvgIpc) is 2.79. The van der Waals surface area contributed by atoms with Crippen LogP contribution < -0.4 is 22.1 Å². The van der Waals surface area contributed by atoms with Crippen molar-refractivity contribution in [1.82, 2.24) is 9.97 Å². The van der Waals surface area contributed by atoms with E-state index in [1.807, 2.05) is 73.1 Å². The molecule has 4 rings (SSSR count). The van der Waals surface area contributed by atoms with Crippen molar-refractivity contribution >= 4 is 22.7 Å². The first kappa shape index (κ1) is 19.3. The number of nitrogen functional groups attached to an aromatic ring is 2. The van der Waals surface area contributed by atoms with Crippen molar-refractivity contribution in [3.05, 3.63) is 96.3 Å². The van der Waals surface area contributed by atoms with E-state index in [1.165, 1.54) is 0 Å². The van der Waals surface area contributed by atoms with Crippen LogP contribution >= 0.6 is 0 Å². The molecule has 0 aliphatic rings. The molecule has 6 N–H and O–H groups in total. The highest BCUT2D eigenvalue weighted by atomic mass is 14.9. The van der Waals surface area contributed by atoms with Gasteiger partial charge >= 0.3 is 0 Å². The van der Waals surface area contributed by atoms with Crippen molar-refractivity contribution in [3.8, 4) is 11.4 Å². The summed E-state index contributed by atoms with van der Waals surface area (Å²) in [6.45, 7) is 1.39. The molecule has 6 nitrogen and oxygen atoms in total. The SMILES string of the molecule is Nc1ccc(NCc2ccc(-c3ccc(CNc4ccc(N)cc4)cn3)nc2)cc1. The highest BCUT2D eigenvalue weighted by Crippen LogP contribution is 2.17. The van der Waals surface area contributed by atoms with Crippen LogP contribution in [0.15, 0.2) is 85.2 Å². The summed E-state index contributed by atoms with van der Waals surface area (Å²) < 4.78 is 0. The Bertz CT molecular complexity index is 982. The Morgan fingerprint density at radius 3 is 1.27 bits per heavy atom. The smallest absolute Gasteiger partial charge is 0.0886 e. The monoisotopic (exact) mass is 396 g/mol. The summed E-state index contributed by atoms with van der Waals surface area (Å²) in [7, 11) is 0. The van der Waals surface area contributed by atoms with Crippen molar-refractivity contribution in [1.29, 1.82) is 0 Å². The number of benzene rings is 2. The van der Waals surface area contributed by atoms with E-state index >= 15 is 0 Å². The Labute approximate surface area is 176 Å². The highest BCUT2D eigenvalue weighted by molar-refractivity contribution is 5.55. The van der Waals surface area contributed by atoms with Gasteiger partial charge in [-0.2, -0.15) is 0 Å². The van der Waals surface area contributed by atoms with Crippen LogP contribution in [0.4, 0.5) is 22.7 Å². The molecule has 150 valence electrons. The lowest BCUT2D eigenvalue weighted by Gasteiger charge is -2.08. The third-order valence-electron chi connectivity index (χ3n) is 4.73. The predicted octanol–water partition coefficient (Wildman–Crippen LogP) is 4.53. The predicted molar refractivity (Wildman–Crippen MR) is 124 cm³/mol. The lowest BCUT2D eigenvalue weighted by molar-refractivity contribution is 1.09. The molecule has 0 bridgehead atoms. The van der Waals surface area contributed by atoms with Gasteiger partial charge in [0, 0.05) is 48.2 Å². The van der Waals surface area contributed by atoms with Gasteiger partial charge in [0.1, 0.15) is 0 Å². The van der Waals surface area contributed by atoms with Gasteiger partial charge in [0.25, 0.3) is 0 Å². The van der Waals surface area contributed by atoms with Gasteiger partial charge in [0.2, 0.25) is 0 Å². The first-order valence-corrected chi connectivity index (χ1v) is 9.75. The fraction of sp³-hybridized carbons (Fsp3) is 0.0833. The summed E-state index contributed by atoms with van der Waals surface area (Å²) >= 11 is 0. The first-order chi connectivity index (χ1) is 14.7. The van der Waals surface area contributed by atoms with E-state index < -0.39 is 0 Å². The quantitative estimate of drug-likeness (QED) is 0.342. The van der Waals surface area contributed by atoms with Crippen LogP contribution in [0.2, 0.25) is 0 Å². The summed E-state index contributed by atoms with van der Waals surface area (Å²) in [6, 6.07) is 23.5. The van der Waals surface area contributed by atoms with Crippen molar-refractivity contribution in [2.45, 2.75) is 13.1 Å². The molecule has 4 aromatic rings. The molecule has 6 heteroatoms. The summed E-state index contributed by atoms with van der Waals surface area (Å²) in [6.07, 6.45) is 3.75. The van der Waals surface area contributed by atoms with Crippen LogP contribution in [0, 0.1) is 0 Å². The summed E-state index contributed by atoms with van der Waals surface area (Å²) in [5, 5.41) is 6.72. The molecule has 0 radical (unpaired) electrons. The molecule has 0 unspecified atom stereocenters. The van der Waals surface area contributed by atoms with Crippen LogP contribution in [0.5, 0.6) is 0 Å². The van der Waals surface area contributed by atoms with E-state index in [1.54, 1.807) is 0 Å². The van der Waals surface area contributed by atoms with Crippen LogP contribution in [0.25, 0.3) is 11.4 Å². The third kappa shape index (κ3) is 5.05. The maximum absolute atomic E-state index is 5.71. The van der Waals surface area contributed by atoms with E-state index in [0.29, 0.717) is 13.1 Å². The van der Waals surface area contributed by atoms with Crippen molar-refractivity contribution in [2.75, 3.05) is 22.1 Å². The molecule has 0 aliphatic carbocycles. The second kappa shape index (κ2) is 8.96. The van der Waals surface area contributed by atoms with Gasteiger partial charge in [-0.1, -0.05) is 12.1 Å². The number of hydrogen-bond acceptors (Lipinski definition) is 6. The molecule has 0 atom stereocenters. The zero-order chi connectivity index (χ0) is 20.8. The zero-order valence-electron chi connectivity index (χ0n) is 16.5. The number of anilines is 4. The molecule has 2 aromatic heterocycles. The average molecular weight is 396 g/mol. The molecular formula is C24H24N6. The normalized spacial score (nSPS) is 10.5. The van der Waals surface area contributed by atoms with E-state index in [4.69, 9.17) is 11.5 Å². The van der Waals surface area contributed by atoms with Crippen LogP contribution in [0.3, 0.4) is 0 Å². The van der Waals surface area contributed by atoms with Crippen LogP contribution in [-0.2, 0) is 13.1 Å². The van der Waals surface area contributed by atoms with Crippen LogP contribution in [0.1, 0.15) is 11.1 Å². The highest BCUT2D eigenvalue weighted by Gasteiger charge is 2.03. The van der Waals surface area contributed by atoms with E-state index in [9.17, 15) is 0 Å². The van der Waals surface area contributed by atoms with Crippen LogP contribution in [-0.4, -0.2) is 9.97 Å². The number of nitrogens with zero attached hydrogens (tertiary/aromatic N) is 2. The Hall–Kier alpha value is -4.06. The zero-order valence-corrected chi connectivity index (χ0v) is 16.5. The second-order valence-electron chi connectivity index (χ2n) is 7.05. The lowest BCUT2D eigenvalue weighted by atomic mass is 10.2. The number of rotatable bonds is 7. The van der Waals surface area contributed by atoms with Gasteiger partial charge in [-0.25, -0.2) is 0 Å². The molecule has 2 heterocycles. The maximum atomic E-state index is 5.71. The minimum absolute atomic E-state index is 0.695. The molecule has 0 saturated heterocycles. The number of aromatic nitrogens is 2. The molecule has 0 amide bonds. The third-order valence-corrected chi connectivity index (χ3v) is 4.73. The summed E-state index contributed by atoms with van der Waals surface area (Å²) in [5.41, 5.74) is 18.9. The maximum Gasteiger partial charge on any atom is 0.0886 e. The molecule has 0 aliphatic heterocycles. The minimum Gasteiger partial charge on any atom is -0.399 e. The Balaban J connectivity index is 1.33. The fourth-order valence-corrected chi connectivity index (χ4v) is 2.97. The van der Waals surface area contributed by atoms with E-state index in [0.717, 1.165) is 45.3 Å². The topological polar surface area (TPSA) is 102 Å². The fourth-order valence-electron chi connectivity index (χ4n) is 2.97. The molecular weight excluding hydrogens is 372 g/mol. The second-order valence-corrected chi connectivity index (χ2v) is 7.05. The van der Waals surface area contributed by atoms with Gasteiger partial charge in [-0.05, 0) is 71.8 Å². The molecule has 2 aromatic carbocycles. The molecule has 0 fully saturated rings. The lowest BCUT2D eigenvalue weighted by Crippen LogP contribution is -2.01. The largest absolute Gasteiger partial charge is 0.399 e. The molecule has 30 heavy (non-hydrogen) atoms. The van der Waals surface area contributed by atoms with Gasteiger partial charge in [0.15, 0.2) is 0 Å². The summed E-state index contributed by atoms with van der Waals surface area (Å²) in [5.74, 6) is 0. The summed E-state index contributed by atoms with van der Waals surface area (Å²) in [4.78, 5) is 9.11.